The molecule has 1 saturated carbocycles. The van der Waals surface area contributed by atoms with E-state index in [9.17, 15) is 4.79 Å². The predicted molar refractivity (Wildman–Crippen MR) is 70.2 cm³/mol. The summed E-state index contributed by atoms with van der Waals surface area (Å²) in [4.78, 5) is 13.2. The van der Waals surface area contributed by atoms with E-state index < -0.39 is 0 Å². The van der Waals surface area contributed by atoms with Gasteiger partial charge in [0.05, 0.1) is 10.5 Å². The van der Waals surface area contributed by atoms with Crippen molar-refractivity contribution >= 4 is 17.6 Å². The van der Waals surface area contributed by atoms with E-state index in [4.69, 9.17) is 4.74 Å². The summed E-state index contributed by atoms with van der Waals surface area (Å²) in [6.07, 6.45) is 6.46. The van der Waals surface area contributed by atoms with Gasteiger partial charge >= 0.3 is 0 Å². The fourth-order valence-corrected chi connectivity index (χ4v) is 4.63. The third kappa shape index (κ3) is 1.52. The first-order valence-corrected chi connectivity index (χ1v) is 7.56. The quantitative estimate of drug-likeness (QED) is 0.790. The highest BCUT2D eigenvalue weighted by atomic mass is 32.1. The molecule has 0 atom stereocenters. The Kier molecular flexibility index (Phi) is 2.26. The van der Waals surface area contributed by atoms with Crippen LogP contribution in [0.4, 0.5) is 0 Å². The molecule has 2 fully saturated rings. The average Bonchev–Trinajstić information content (AvgIpc) is 2.98. The highest BCUT2D eigenvalue weighted by Gasteiger charge is 2.55. The number of aldehydes is 1. The van der Waals surface area contributed by atoms with E-state index >= 15 is 0 Å². The second kappa shape index (κ2) is 3.65. The van der Waals surface area contributed by atoms with E-state index in [1.807, 2.05) is 0 Å². The van der Waals surface area contributed by atoms with E-state index in [1.54, 1.807) is 11.3 Å². The van der Waals surface area contributed by atoms with Crippen molar-refractivity contribution in [1.29, 1.82) is 0 Å². The molecule has 1 aromatic heterocycles. The zero-order valence-electron chi connectivity index (χ0n) is 10.3. The molecule has 4 heteroatoms. The molecular formula is C14H17NO2S. The van der Waals surface area contributed by atoms with Gasteiger partial charge in [0.25, 0.3) is 0 Å². The highest BCUT2D eigenvalue weighted by Crippen LogP contribution is 2.56. The van der Waals surface area contributed by atoms with Crippen LogP contribution in [0.15, 0.2) is 6.07 Å². The van der Waals surface area contributed by atoms with Crippen molar-refractivity contribution in [1.82, 2.24) is 5.32 Å². The molecule has 1 N–H and O–H groups in total. The van der Waals surface area contributed by atoms with E-state index in [0.29, 0.717) is 0 Å². The SMILES string of the molecule is O=Cc1cc2c(s1)C1(CCNCC1)OC1(CC1)C2. The van der Waals surface area contributed by atoms with Gasteiger partial charge in [0.2, 0.25) is 0 Å². The predicted octanol–water partition coefficient (Wildman–Crippen LogP) is 2.24. The van der Waals surface area contributed by atoms with Crippen LogP contribution in [0.25, 0.3) is 0 Å². The summed E-state index contributed by atoms with van der Waals surface area (Å²) in [5, 5.41) is 3.41. The first-order valence-electron chi connectivity index (χ1n) is 6.75. The second-order valence-electron chi connectivity index (χ2n) is 5.83. The highest BCUT2D eigenvalue weighted by molar-refractivity contribution is 7.14. The Morgan fingerprint density at radius 2 is 2.06 bits per heavy atom. The number of fused-ring (bicyclic) bond motifs is 2. The maximum atomic E-state index is 11.0. The van der Waals surface area contributed by atoms with Gasteiger partial charge in [-0.1, -0.05) is 0 Å². The summed E-state index contributed by atoms with van der Waals surface area (Å²) >= 11 is 1.65. The molecule has 4 rings (SSSR count). The molecule has 0 bridgehead atoms. The van der Waals surface area contributed by atoms with Crippen molar-refractivity contribution in [2.45, 2.75) is 43.3 Å². The molecule has 0 aromatic carbocycles. The Morgan fingerprint density at radius 1 is 1.28 bits per heavy atom. The molecule has 3 heterocycles. The Labute approximate surface area is 111 Å². The van der Waals surface area contributed by atoms with Gasteiger partial charge < -0.3 is 10.1 Å². The molecule has 3 nitrogen and oxygen atoms in total. The lowest BCUT2D eigenvalue weighted by atomic mass is 9.84. The standard InChI is InChI=1S/C14H17NO2S/c16-9-11-7-10-8-13(1-2-13)17-14(12(10)18-11)3-5-15-6-4-14/h7,9,15H,1-6,8H2. The summed E-state index contributed by atoms with van der Waals surface area (Å²) in [5.41, 5.74) is 1.40. The monoisotopic (exact) mass is 263 g/mol. The van der Waals surface area contributed by atoms with Crippen molar-refractivity contribution in [2.75, 3.05) is 13.1 Å². The summed E-state index contributed by atoms with van der Waals surface area (Å²) < 4.78 is 6.55. The van der Waals surface area contributed by atoms with Gasteiger partial charge in [0.1, 0.15) is 5.60 Å². The first-order chi connectivity index (χ1) is 8.75. The van der Waals surface area contributed by atoms with E-state index in [1.165, 1.54) is 23.3 Å². The number of rotatable bonds is 1. The molecule has 0 unspecified atom stereocenters. The maximum absolute atomic E-state index is 11.0. The van der Waals surface area contributed by atoms with E-state index in [-0.39, 0.29) is 11.2 Å². The molecule has 2 aliphatic heterocycles. The van der Waals surface area contributed by atoms with Crippen molar-refractivity contribution in [3.63, 3.8) is 0 Å². The van der Waals surface area contributed by atoms with Crippen LogP contribution < -0.4 is 5.32 Å². The largest absolute Gasteiger partial charge is 0.363 e. The summed E-state index contributed by atoms with van der Waals surface area (Å²) in [6.45, 7) is 2.04. The molecule has 0 radical (unpaired) electrons. The average molecular weight is 263 g/mol. The minimum atomic E-state index is -0.0960. The van der Waals surface area contributed by atoms with Crippen LogP contribution in [-0.4, -0.2) is 25.0 Å². The van der Waals surface area contributed by atoms with Crippen molar-refractivity contribution < 1.29 is 9.53 Å². The number of carbonyl (C=O) groups excluding carboxylic acids is 1. The Bertz CT molecular complexity index is 498. The van der Waals surface area contributed by atoms with Crippen LogP contribution in [0.1, 0.15) is 45.8 Å². The number of ether oxygens (including phenoxy) is 1. The zero-order valence-corrected chi connectivity index (χ0v) is 11.1. The Morgan fingerprint density at radius 3 is 2.72 bits per heavy atom. The lowest BCUT2D eigenvalue weighted by Gasteiger charge is -2.44. The topological polar surface area (TPSA) is 38.3 Å². The fraction of sp³-hybridized carbons (Fsp3) is 0.643. The molecule has 1 aliphatic carbocycles. The molecule has 3 aliphatic rings. The molecular weight excluding hydrogens is 246 g/mol. The third-order valence-electron chi connectivity index (χ3n) is 4.50. The van der Waals surface area contributed by atoms with Crippen molar-refractivity contribution in [3.8, 4) is 0 Å². The number of nitrogens with one attached hydrogen (secondary N) is 1. The number of thiophene rings is 1. The number of carbonyl (C=O) groups is 1. The van der Waals surface area contributed by atoms with Gasteiger partial charge in [0, 0.05) is 11.3 Å². The van der Waals surface area contributed by atoms with Gasteiger partial charge in [-0.05, 0) is 50.4 Å². The van der Waals surface area contributed by atoms with Crippen molar-refractivity contribution in [2.24, 2.45) is 0 Å². The minimum Gasteiger partial charge on any atom is -0.363 e. The van der Waals surface area contributed by atoms with E-state index in [0.717, 1.165) is 43.5 Å². The van der Waals surface area contributed by atoms with Gasteiger partial charge in [-0.2, -0.15) is 0 Å². The zero-order chi connectivity index (χ0) is 12.2. The number of piperidine rings is 1. The molecule has 2 spiro atoms. The van der Waals surface area contributed by atoms with Gasteiger partial charge in [0.15, 0.2) is 6.29 Å². The van der Waals surface area contributed by atoms with Crippen LogP contribution in [0.3, 0.4) is 0 Å². The van der Waals surface area contributed by atoms with Gasteiger partial charge in [-0.25, -0.2) is 0 Å². The normalized spacial score (nSPS) is 27.1. The second-order valence-corrected chi connectivity index (χ2v) is 6.91. The molecule has 1 aromatic rings. The van der Waals surface area contributed by atoms with Crippen LogP contribution in [0.5, 0.6) is 0 Å². The van der Waals surface area contributed by atoms with Crippen molar-refractivity contribution in [3.05, 3.63) is 21.4 Å². The first kappa shape index (κ1) is 11.1. The van der Waals surface area contributed by atoms with Crippen LogP contribution in [0, 0.1) is 0 Å². The number of hydrogen-bond acceptors (Lipinski definition) is 4. The Hall–Kier alpha value is -0.710. The molecule has 18 heavy (non-hydrogen) atoms. The number of hydrogen-bond donors (Lipinski definition) is 1. The van der Waals surface area contributed by atoms with Crippen LogP contribution in [-0.2, 0) is 16.8 Å². The smallest absolute Gasteiger partial charge is 0.160 e. The van der Waals surface area contributed by atoms with Crippen LogP contribution >= 0.6 is 11.3 Å². The molecule has 96 valence electrons. The minimum absolute atomic E-state index is 0.0960. The summed E-state index contributed by atoms with van der Waals surface area (Å²) in [6, 6.07) is 2.10. The lowest BCUT2D eigenvalue weighted by molar-refractivity contribution is -0.138. The summed E-state index contributed by atoms with van der Waals surface area (Å²) in [5.74, 6) is 0. The Balaban J connectivity index is 1.82. The fourth-order valence-electron chi connectivity index (χ4n) is 3.45. The molecule has 1 saturated heterocycles. The van der Waals surface area contributed by atoms with E-state index in [2.05, 4.69) is 11.4 Å². The third-order valence-corrected chi connectivity index (χ3v) is 5.79. The maximum Gasteiger partial charge on any atom is 0.160 e. The molecule has 0 amide bonds. The summed E-state index contributed by atoms with van der Waals surface area (Å²) in [7, 11) is 0. The van der Waals surface area contributed by atoms with Gasteiger partial charge in [-0.3, -0.25) is 4.79 Å². The van der Waals surface area contributed by atoms with Crippen LogP contribution in [0.2, 0.25) is 0 Å². The lowest BCUT2D eigenvalue weighted by Crippen LogP contribution is -2.47. The van der Waals surface area contributed by atoms with Gasteiger partial charge in [-0.15, -0.1) is 11.3 Å².